The molecule has 2 aliphatic carbocycles. The Balaban J connectivity index is 1.77. The standard InChI is InChI=1S/C16H17ClF2N2/c17-7-14-20-13-4-3-12(18)15(19)16(13)21(14)8-11-6-9-1-2-10(11)5-9/h3-4,9-11H,1-2,5-8H2. The van der Waals surface area contributed by atoms with E-state index in [0.29, 0.717) is 23.8 Å². The van der Waals surface area contributed by atoms with Gasteiger partial charge in [-0.3, -0.25) is 0 Å². The largest absolute Gasteiger partial charge is 0.324 e. The number of imidazole rings is 1. The summed E-state index contributed by atoms with van der Waals surface area (Å²) in [4.78, 5) is 4.36. The quantitative estimate of drug-likeness (QED) is 0.764. The molecule has 2 saturated carbocycles. The minimum atomic E-state index is -0.822. The summed E-state index contributed by atoms with van der Waals surface area (Å²) in [5.41, 5.74) is 0.765. The van der Waals surface area contributed by atoms with E-state index in [1.54, 1.807) is 0 Å². The minimum Gasteiger partial charge on any atom is -0.324 e. The molecule has 2 fully saturated rings. The second kappa shape index (κ2) is 4.94. The van der Waals surface area contributed by atoms with Gasteiger partial charge in [0.1, 0.15) is 11.3 Å². The van der Waals surface area contributed by atoms with Crippen LogP contribution in [0.2, 0.25) is 0 Å². The summed E-state index contributed by atoms with van der Waals surface area (Å²) >= 11 is 5.96. The Bertz CT molecular complexity index is 697. The molecule has 0 spiro atoms. The van der Waals surface area contributed by atoms with Crippen LogP contribution in [-0.4, -0.2) is 9.55 Å². The summed E-state index contributed by atoms with van der Waals surface area (Å²) < 4.78 is 29.6. The first-order valence-electron chi connectivity index (χ1n) is 7.56. The molecule has 2 nitrogen and oxygen atoms in total. The Morgan fingerprint density at radius 3 is 2.76 bits per heavy atom. The van der Waals surface area contributed by atoms with Gasteiger partial charge < -0.3 is 4.57 Å². The van der Waals surface area contributed by atoms with E-state index >= 15 is 0 Å². The number of fused-ring (bicyclic) bond motifs is 3. The molecule has 0 N–H and O–H groups in total. The Morgan fingerprint density at radius 1 is 1.24 bits per heavy atom. The van der Waals surface area contributed by atoms with Crippen LogP contribution in [0.25, 0.3) is 11.0 Å². The van der Waals surface area contributed by atoms with Gasteiger partial charge in [0.2, 0.25) is 0 Å². The second-order valence-corrected chi connectivity index (χ2v) is 6.70. The van der Waals surface area contributed by atoms with E-state index in [2.05, 4.69) is 4.98 Å². The van der Waals surface area contributed by atoms with Crippen molar-refractivity contribution in [3.63, 3.8) is 0 Å². The Hall–Kier alpha value is -1.16. The molecule has 21 heavy (non-hydrogen) atoms. The number of benzene rings is 1. The van der Waals surface area contributed by atoms with Gasteiger partial charge in [-0.05, 0) is 49.1 Å². The highest BCUT2D eigenvalue weighted by molar-refractivity contribution is 6.16. The van der Waals surface area contributed by atoms with E-state index < -0.39 is 11.6 Å². The molecule has 5 heteroatoms. The van der Waals surface area contributed by atoms with Crippen LogP contribution in [-0.2, 0) is 12.4 Å². The van der Waals surface area contributed by atoms with Crippen molar-refractivity contribution < 1.29 is 8.78 Å². The number of aromatic nitrogens is 2. The molecule has 0 aliphatic heterocycles. The molecule has 1 aromatic carbocycles. The highest BCUT2D eigenvalue weighted by Gasteiger charge is 2.39. The van der Waals surface area contributed by atoms with Gasteiger partial charge in [-0.2, -0.15) is 0 Å². The molecule has 2 aromatic rings. The van der Waals surface area contributed by atoms with Gasteiger partial charge in [0.05, 0.1) is 11.4 Å². The molecule has 2 bridgehead atoms. The summed E-state index contributed by atoms with van der Waals surface area (Å²) in [6, 6.07) is 2.66. The maximum atomic E-state index is 14.2. The van der Waals surface area contributed by atoms with Gasteiger partial charge >= 0.3 is 0 Å². The zero-order valence-corrected chi connectivity index (χ0v) is 12.4. The Morgan fingerprint density at radius 2 is 2.10 bits per heavy atom. The maximum Gasteiger partial charge on any atom is 0.184 e. The van der Waals surface area contributed by atoms with Crippen molar-refractivity contribution in [2.45, 2.75) is 38.1 Å². The minimum absolute atomic E-state index is 0.219. The van der Waals surface area contributed by atoms with Crippen molar-refractivity contribution in [1.29, 1.82) is 0 Å². The summed E-state index contributed by atoms with van der Waals surface area (Å²) in [6.07, 6.45) is 5.10. The first-order valence-corrected chi connectivity index (χ1v) is 8.10. The average Bonchev–Trinajstić information content (AvgIpc) is 3.17. The fraction of sp³-hybridized carbons (Fsp3) is 0.562. The van der Waals surface area contributed by atoms with Crippen molar-refractivity contribution in [2.24, 2.45) is 17.8 Å². The van der Waals surface area contributed by atoms with Crippen molar-refractivity contribution in [3.8, 4) is 0 Å². The lowest BCUT2D eigenvalue weighted by Crippen LogP contribution is -2.19. The summed E-state index contributed by atoms with van der Waals surface area (Å²) in [5.74, 6) is 1.33. The normalized spacial score (nSPS) is 27.9. The van der Waals surface area contributed by atoms with Crippen LogP contribution in [0.15, 0.2) is 12.1 Å². The van der Waals surface area contributed by atoms with Crippen LogP contribution < -0.4 is 0 Å². The molecule has 4 rings (SSSR count). The molecule has 1 aromatic heterocycles. The molecule has 0 saturated heterocycles. The molecule has 112 valence electrons. The molecule has 0 radical (unpaired) electrons. The number of rotatable bonds is 3. The van der Waals surface area contributed by atoms with Crippen molar-refractivity contribution in [3.05, 3.63) is 29.6 Å². The van der Waals surface area contributed by atoms with E-state index in [4.69, 9.17) is 11.6 Å². The van der Waals surface area contributed by atoms with Crippen LogP contribution in [0.3, 0.4) is 0 Å². The van der Waals surface area contributed by atoms with Crippen LogP contribution in [0.4, 0.5) is 8.78 Å². The fourth-order valence-corrected chi connectivity index (χ4v) is 4.54. The third-order valence-corrected chi connectivity index (χ3v) is 5.54. The highest BCUT2D eigenvalue weighted by Crippen LogP contribution is 2.49. The summed E-state index contributed by atoms with van der Waals surface area (Å²) in [6.45, 7) is 0.708. The lowest BCUT2D eigenvalue weighted by atomic mass is 9.89. The predicted octanol–water partition coefficient (Wildman–Crippen LogP) is 4.49. The molecule has 1 heterocycles. The SMILES string of the molecule is Fc1ccc2nc(CCl)n(CC3CC4CCC3C4)c2c1F. The predicted molar refractivity (Wildman–Crippen MR) is 78.1 cm³/mol. The van der Waals surface area contributed by atoms with E-state index in [-0.39, 0.29) is 11.4 Å². The molecular weight excluding hydrogens is 294 g/mol. The van der Waals surface area contributed by atoms with E-state index in [9.17, 15) is 8.78 Å². The monoisotopic (exact) mass is 310 g/mol. The summed E-state index contributed by atoms with van der Waals surface area (Å²) in [7, 11) is 0. The molecule has 3 atom stereocenters. The Labute approximate surface area is 127 Å². The lowest BCUT2D eigenvalue weighted by molar-refractivity contribution is 0.295. The van der Waals surface area contributed by atoms with Crippen molar-refractivity contribution >= 4 is 22.6 Å². The number of halogens is 3. The van der Waals surface area contributed by atoms with Crippen LogP contribution in [0.1, 0.15) is 31.5 Å². The summed E-state index contributed by atoms with van der Waals surface area (Å²) in [5, 5.41) is 0. The molecule has 3 unspecified atom stereocenters. The first kappa shape index (κ1) is 13.5. The molecule has 2 aliphatic rings. The smallest absolute Gasteiger partial charge is 0.184 e. The van der Waals surface area contributed by atoms with Gasteiger partial charge in [-0.1, -0.05) is 6.42 Å². The number of hydrogen-bond acceptors (Lipinski definition) is 1. The van der Waals surface area contributed by atoms with Crippen molar-refractivity contribution in [1.82, 2.24) is 9.55 Å². The van der Waals surface area contributed by atoms with Gasteiger partial charge in [0, 0.05) is 6.54 Å². The first-order chi connectivity index (χ1) is 10.2. The Kier molecular flexibility index (Phi) is 3.18. The van der Waals surface area contributed by atoms with Gasteiger partial charge in [-0.25, -0.2) is 13.8 Å². The van der Waals surface area contributed by atoms with Gasteiger partial charge in [0.25, 0.3) is 0 Å². The highest BCUT2D eigenvalue weighted by atomic mass is 35.5. The molecule has 0 amide bonds. The molecular formula is C16H17ClF2N2. The zero-order valence-electron chi connectivity index (χ0n) is 11.7. The average molecular weight is 311 g/mol. The maximum absolute atomic E-state index is 14.2. The zero-order chi connectivity index (χ0) is 14.6. The van der Waals surface area contributed by atoms with Crippen LogP contribution in [0.5, 0.6) is 0 Å². The third-order valence-electron chi connectivity index (χ3n) is 5.30. The van der Waals surface area contributed by atoms with Gasteiger partial charge in [0.15, 0.2) is 11.6 Å². The van der Waals surface area contributed by atoms with Gasteiger partial charge in [-0.15, -0.1) is 11.6 Å². The van der Waals surface area contributed by atoms with E-state index in [0.717, 1.165) is 17.9 Å². The van der Waals surface area contributed by atoms with E-state index in [1.807, 2.05) is 4.57 Å². The number of nitrogens with zero attached hydrogens (tertiary/aromatic N) is 2. The lowest BCUT2D eigenvalue weighted by Gasteiger charge is -2.23. The third kappa shape index (κ3) is 2.07. The van der Waals surface area contributed by atoms with Crippen LogP contribution >= 0.6 is 11.6 Å². The van der Waals surface area contributed by atoms with Crippen LogP contribution in [0, 0.1) is 29.4 Å². The topological polar surface area (TPSA) is 17.8 Å². The number of alkyl halides is 1. The second-order valence-electron chi connectivity index (χ2n) is 6.44. The fourth-order valence-electron chi connectivity index (χ4n) is 4.34. The van der Waals surface area contributed by atoms with E-state index in [1.165, 1.54) is 31.7 Å². The van der Waals surface area contributed by atoms with Crippen molar-refractivity contribution in [2.75, 3.05) is 0 Å². The number of hydrogen-bond donors (Lipinski definition) is 0.